The monoisotopic (exact) mass is 640 g/mol. The summed E-state index contributed by atoms with van der Waals surface area (Å²) in [6.45, 7) is 0. The van der Waals surface area contributed by atoms with Gasteiger partial charge in [-0.05, 0) is 95.6 Å². The fourth-order valence-electron chi connectivity index (χ4n) is 8.33. The molecular formula is C48H36N2. The van der Waals surface area contributed by atoms with Gasteiger partial charge in [-0.15, -0.1) is 0 Å². The van der Waals surface area contributed by atoms with Crippen molar-refractivity contribution in [2.45, 2.75) is 25.2 Å². The third-order valence-electron chi connectivity index (χ3n) is 10.7. The van der Waals surface area contributed by atoms with E-state index in [-0.39, 0.29) is 0 Å². The Bertz CT molecular complexity index is 2690. The van der Waals surface area contributed by atoms with Gasteiger partial charge in [-0.3, -0.25) is 0 Å². The van der Waals surface area contributed by atoms with E-state index in [2.05, 4.69) is 185 Å². The number of fused-ring (bicyclic) bond motifs is 6. The van der Waals surface area contributed by atoms with Crippen LogP contribution in [0.4, 0.5) is 0 Å². The molecule has 0 saturated heterocycles. The highest BCUT2D eigenvalue weighted by Crippen LogP contribution is 2.39. The fraction of sp³-hybridized carbons (Fsp3) is 0.0833. The summed E-state index contributed by atoms with van der Waals surface area (Å²) in [7, 11) is 0. The van der Waals surface area contributed by atoms with Gasteiger partial charge in [0.05, 0.1) is 22.1 Å². The highest BCUT2D eigenvalue weighted by atomic mass is 15.0. The van der Waals surface area contributed by atoms with Gasteiger partial charge in [0, 0.05) is 38.8 Å². The van der Waals surface area contributed by atoms with Crippen LogP contribution in [0.1, 0.15) is 36.3 Å². The van der Waals surface area contributed by atoms with Crippen LogP contribution in [0.5, 0.6) is 0 Å². The molecule has 0 radical (unpaired) electrons. The van der Waals surface area contributed by atoms with Crippen molar-refractivity contribution in [2.24, 2.45) is 0 Å². The molecule has 0 fully saturated rings. The largest absolute Gasteiger partial charge is 0.313 e. The Hall–Kier alpha value is -6.12. The predicted molar refractivity (Wildman–Crippen MR) is 213 cm³/mol. The van der Waals surface area contributed by atoms with Crippen molar-refractivity contribution in [1.82, 2.24) is 9.13 Å². The van der Waals surface area contributed by atoms with Gasteiger partial charge < -0.3 is 9.13 Å². The van der Waals surface area contributed by atoms with Gasteiger partial charge in [0.1, 0.15) is 0 Å². The molecule has 10 rings (SSSR count). The van der Waals surface area contributed by atoms with E-state index in [4.69, 9.17) is 0 Å². The van der Waals surface area contributed by atoms with Crippen LogP contribution in [0.2, 0.25) is 0 Å². The Morgan fingerprint density at radius 2 is 1.16 bits per heavy atom. The zero-order valence-electron chi connectivity index (χ0n) is 27.8. The third-order valence-corrected chi connectivity index (χ3v) is 10.7. The number of hydrogen-bond donors (Lipinski definition) is 0. The lowest BCUT2D eigenvalue weighted by molar-refractivity contribution is 0.853. The summed E-state index contributed by atoms with van der Waals surface area (Å²) in [6.07, 6.45) is 16.9. The maximum absolute atomic E-state index is 2.51. The van der Waals surface area contributed by atoms with Gasteiger partial charge in [0.25, 0.3) is 0 Å². The van der Waals surface area contributed by atoms with E-state index in [1.165, 1.54) is 82.8 Å². The molecular weight excluding hydrogens is 605 g/mol. The average Bonchev–Trinajstić information content (AvgIpc) is 3.71. The molecule has 2 aliphatic carbocycles. The van der Waals surface area contributed by atoms with Crippen LogP contribution in [0.3, 0.4) is 0 Å². The van der Waals surface area contributed by atoms with E-state index < -0.39 is 0 Å². The minimum absolute atomic E-state index is 0.446. The molecule has 2 heterocycles. The van der Waals surface area contributed by atoms with Gasteiger partial charge >= 0.3 is 0 Å². The van der Waals surface area contributed by atoms with Crippen LogP contribution >= 0.6 is 0 Å². The number of allylic oxidation sites excluding steroid dienone is 8. The minimum atomic E-state index is 0.446. The van der Waals surface area contributed by atoms with Crippen LogP contribution in [-0.4, -0.2) is 9.13 Å². The van der Waals surface area contributed by atoms with Crippen molar-refractivity contribution in [3.63, 3.8) is 0 Å². The first-order valence-electron chi connectivity index (χ1n) is 17.8. The number of aromatic nitrogens is 2. The lowest BCUT2D eigenvalue weighted by atomic mass is 9.89. The third kappa shape index (κ3) is 4.71. The van der Waals surface area contributed by atoms with E-state index in [1.807, 2.05) is 0 Å². The lowest BCUT2D eigenvalue weighted by Gasteiger charge is -2.19. The molecule has 0 bridgehead atoms. The minimum Gasteiger partial charge on any atom is -0.313 e. The molecule has 2 heteroatoms. The summed E-state index contributed by atoms with van der Waals surface area (Å²) in [5.74, 6) is 0.446. The maximum atomic E-state index is 2.51. The van der Waals surface area contributed by atoms with E-state index in [1.54, 1.807) is 0 Å². The van der Waals surface area contributed by atoms with Gasteiger partial charge in [-0.1, -0.05) is 127 Å². The second-order valence-electron chi connectivity index (χ2n) is 13.6. The quantitative estimate of drug-likeness (QED) is 0.177. The summed E-state index contributed by atoms with van der Waals surface area (Å²) >= 11 is 0. The highest BCUT2D eigenvalue weighted by Gasteiger charge is 2.18. The van der Waals surface area contributed by atoms with Crippen LogP contribution in [0.15, 0.2) is 176 Å². The summed E-state index contributed by atoms with van der Waals surface area (Å²) in [5, 5.41) is 5.14. The van der Waals surface area contributed by atoms with E-state index in [0.717, 1.165) is 19.3 Å². The molecule has 8 aromatic rings. The number of rotatable bonds is 5. The van der Waals surface area contributed by atoms with Gasteiger partial charge in [0.2, 0.25) is 0 Å². The Balaban J connectivity index is 1.07. The molecule has 0 amide bonds. The zero-order valence-corrected chi connectivity index (χ0v) is 27.8. The zero-order chi connectivity index (χ0) is 33.0. The first kappa shape index (κ1) is 28.9. The Morgan fingerprint density at radius 3 is 1.92 bits per heavy atom. The lowest BCUT2D eigenvalue weighted by Crippen LogP contribution is -2.02. The number of hydrogen-bond acceptors (Lipinski definition) is 0. The number of benzene rings is 6. The molecule has 50 heavy (non-hydrogen) atoms. The van der Waals surface area contributed by atoms with Crippen molar-refractivity contribution >= 4 is 54.9 Å². The smallest absolute Gasteiger partial charge is 0.0541 e. The molecule has 0 N–H and O–H groups in total. The second-order valence-corrected chi connectivity index (χ2v) is 13.6. The van der Waals surface area contributed by atoms with Gasteiger partial charge in [0.15, 0.2) is 0 Å². The topological polar surface area (TPSA) is 9.86 Å². The van der Waals surface area contributed by atoms with Crippen molar-refractivity contribution in [2.75, 3.05) is 0 Å². The summed E-state index contributed by atoms with van der Waals surface area (Å²) in [5.41, 5.74) is 13.9. The average molecular weight is 641 g/mol. The number of para-hydroxylation sites is 3. The highest BCUT2D eigenvalue weighted by molar-refractivity contribution is 6.12. The van der Waals surface area contributed by atoms with Crippen LogP contribution in [0, 0.1) is 0 Å². The first-order chi connectivity index (χ1) is 24.8. The molecule has 6 aromatic carbocycles. The SMILES string of the molecule is C1=CCC(c2cccc(C3=CCCC(n4c5ccccc5c5cc(-c6cccc(-n7c8ccccc8c8ccccc87)c6)ccc54)=C3)c2)C=C1. The molecule has 238 valence electrons. The van der Waals surface area contributed by atoms with E-state index in [9.17, 15) is 0 Å². The molecule has 0 spiro atoms. The standard InChI is InChI=1S/C48H36N2/c1-2-13-33(14-3-1)34-15-10-16-35(29-34)36-17-11-20-40(30-36)50-47-26-9-6-23-43(47)44-32-38(27-28-48(44)50)37-18-12-19-39(31-37)49-45-24-7-4-21-41(45)42-22-5-8-25-46(42)49/h1-10,12-13,15-19,21-33H,11,14,20H2. The van der Waals surface area contributed by atoms with Gasteiger partial charge in [-0.25, -0.2) is 0 Å². The molecule has 0 saturated carbocycles. The van der Waals surface area contributed by atoms with Gasteiger partial charge in [-0.2, -0.15) is 0 Å². The second kappa shape index (κ2) is 11.8. The normalized spacial score (nSPS) is 16.0. The van der Waals surface area contributed by atoms with E-state index in [0.29, 0.717) is 5.92 Å². The Kier molecular flexibility index (Phi) is 6.80. The van der Waals surface area contributed by atoms with Crippen molar-refractivity contribution in [3.8, 4) is 16.8 Å². The summed E-state index contributed by atoms with van der Waals surface area (Å²) in [4.78, 5) is 0. The molecule has 2 nitrogen and oxygen atoms in total. The molecule has 2 aromatic heterocycles. The van der Waals surface area contributed by atoms with Crippen molar-refractivity contribution < 1.29 is 0 Å². The molecule has 2 aliphatic rings. The van der Waals surface area contributed by atoms with Crippen molar-refractivity contribution in [3.05, 3.63) is 187 Å². The van der Waals surface area contributed by atoms with Crippen LogP contribution in [0.25, 0.3) is 71.7 Å². The van der Waals surface area contributed by atoms with Crippen LogP contribution in [-0.2, 0) is 0 Å². The molecule has 1 unspecified atom stereocenters. The summed E-state index contributed by atoms with van der Waals surface area (Å²) in [6, 6.07) is 51.5. The van der Waals surface area contributed by atoms with Crippen molar-refractivity contribution in [1.29, 1.82) is 0 Å². The predicted octanol–water partition coefficient (Wildman–Crippen LogP) is 12.9. The first-order valence-corrected chi connectivity index (χ1v) is 17.8. The molecule has 0 aliphatic heterocycles. The Labute approximate surface area is 292 Å². The maximum Gasteiger partial charge on any atom is 0.0541 e. The summed E-state index contributed by atoms with van der Waals surface area (Å²) < 4.78 is 4.91. The van der Waals surface area contributed by atoms with E-state index >= 15 is 0 Å². The Morgan fingerprint density at radius 1 is 0.500 bits per heavy atom. The fourth-order valence-corrected chi connectivity index (χ4v) is 8.33. The van der Waals surface area contributed by atoms with Crippen LogP contribution < -0.4 is 0 Å². The molecule has 1 atom stereocenters. The number of nitrogens with zero attached hydrogens (tertiary/aromatic N) is 2.